The summed E-state index contributed by atoms with van der Waals surface area (Å²) in [6, 6.07) is 6.53. The van der Waals surface area contributed by atoms with E-state index in [0.29, 0.717) is 43.8 Å². The lowest BCUT2D eigenvalue weighted by atomic mass is 9.61. The molecule has 1 aliphatic carbocycles. The molecule has 2 bridgehead atoms. The smallest absolute Gasteiger partial charge is 0.271 e. The molecule has 9 nitrogen and oxygen atoms in total. The van der Waals surface area contributed by atoms with Crippen molar-refractivity contribution in [1.82, 2.24) is 20.5 Å². The molecular formula is C28H34N4O5. The van der Waals surface area contributed by atoms with Crippen molar-refractivity contribution in [3.8, 4) is 5.75 Å². The highest BCUT2D eigenvalue weighted by atomic mass is 16.5. The Morgan fingerprint density at radius 1 is 1.32 bits per heavy atom. The Morgan fingerprint density at radius 3 is 2.78 bits per heavy atom. The molecule has 2 atom stereocenters. The summed E-state index contributed by atoms with van der Waals surface area (Å²) >= 11 is 0. The van der Waals surface area contributed by atoms with Crippen molar-refractivity contribution < 1.29 is 23.9 Å². The van der Waals surface area contributed by atoms with Gasteiger partial charge in [-0.2, -0.15) is 0 Å². The molecule has 1 aromatic heterocycles. The van der Waals surface area contributed by atoms with Gasteiger partial charge in [-0.1, -0.05) is 19.1 Å². The van der Waals surface area contributed by atoms with Crippen molar-refractivity contribution in [3.05, 3.63) is 42.6 Å². The Kier molecular flexibility index (Phi) is 6.33. The molecule has 3 saturated heterocycles. The number of hydrogen-bond acceptors (Lipinski definition) is 5. The second-order valence-electron chi connectivity index (χ2n) is 10.7. The van der Waals surface area contributed by atoms with Gasteiger partial charge in [0.25, 0.3) is 5.91 Å². The highest BCUT2D eigenvalue weighted by Gasteiger charge is 2.69. The number of carbonyl (C=O) groups is 4. The van der Waals surface area contributed by atoms with Crippen LogP contribution >= 0.6 is 0 Å². The van der Waals surface area contributed by atoms with Gasteiger partial charge in [-0.25, -0.2) is 0 Å². The van der Waals surface area contributed by atoms with Gasteiger partial charge in [0.15, 0.2) is 5.78 Å². The van der Waals surface area contributed by atoms with Crippen molar-refractivity contribution in [1.29, 1.82) is 0 Å². The Balaban J connectivity index is 1.40. The number of hydrogen-bond donors (Lipinski definition) is 3. The summed E-state index contributed by atoms with van der Waals surface area (Å²) in [5.41, 5.74) is -0.248. The Labute approximate surface area is 216 Å². The first-order chi connectivity index (χ1) is 17.8. The molecule has 2 aromatic rings. The minimum atomic E-state index is -1.06. The molecule has 4 fully saturated rings. The van der Waals surface area contributed by atoms with Crippen LogP contribution in [0.25, 0.3) is 10.9 Å². The van der Waals surface area contributed by atoms with Gasteiger partial charge in [0, 0.05) is 41.7 Å². The Morgan fingerprint density at radius 2 is 2.11 bits per heavy atom. The van der Waals surface area contributed by atoms with E-state index in [2.05, 4.69) is 22.2 Å². The molecule has 3 aliphatic heterocycles. The molecule has 37 heavy (non-hydrogen) atoms. The van der Waals surface area contributed by atoms with Crippen LogP contribution in [0.15, 0.2) is 36.9 Å². The maximum atomic E-state index is 13.8. The third-order valence-electron chi connectivity index (χ3n) is 8.42. The minimum Gasteiger partial charge on any atom is -0.496 e. The van der Waals surface area contributed by atoms with Crippen LogP contribution in [0.5, 0.6) is 5.75 Å². The van der Waals surface area contributed by atoms with E-state index in [1.807, 2.05) is 24.3 Å². The van der Waals surface area contributed by atoms with Gasteiger partial charge in [0.1, 0.15) is 17.0 Å². The first-order valence-electron chi connectivity index (χ1n) is 13.0. The van der Waals surface area contributed by atoms with E-state index < -0.39 is 11.6 Å². The number of carbonyl (C=O) groups excluding carboxylic acids is 4. The van der Waals surface area contributed by atoms with Crippen LogP contribution in [-0.4, -0.2) is 65.2 Å². The number of nitrogens with zero attached hydrogens (tertiary/aromatic N) is 1. The van der Waals surface area contributed by atoms with Gasteiger partial charge in [-0.15, -0.1) is 6.58 Å². The number of aromatic nitrogens is 1. The number of benzene rings is 1. The maximum absolute atomic E-state index is 13.8. The molecule has 4 heterocycles. The molecule has 6 rings (SSSR count). The lowest BCUT2D eigenvalue weighted by molar-refractivity contribution is -0.138. The molecule has 196 valence electrons. The molecule has 0 unspecified atom stereocenters. The van der Waals surface area contributed by atoms with Crippen LogP contribution in [0.3, 0.4) is 0 Å². The van der Waals surface area contributed by atoms with Gasteiger partial charge >= 0.3 is 0 Å². The fourth-order valence-corrected chi connectivity index (χ4v) is 6.36. The fraction of sp³-hybridized carbons (Fsp3) is 0.500. The number of H-pyrrole nitrogens is 1. The number of fused-ring (bicyclic) bond motifs is 2. The topological polar surface area (TPSA) is 121 Å². The average molecular weight is 507 g/mol. The van der Waals surface area contributed by atoms with Crippen molar-refractivity contribution in [2.75, 3.05) is 20.2 Å². The molecule has 1 aromatic carbocycles. The molecule has 1 saturated carbocycles. The molecule has 3 amide bonds. The summed E-state index contributed by atoms with van der Waals surface area (Å²) in [6.07, 6.45) is 4.81. The van der Waals surface area contributed by atoms with Gasteiger partial charge in [-0.3, -0.25) is 19.2 Å². The SMILES string of the molecule is C=CC12CN(C(=O)c3cc4c(OC)cccc4[nH]3)C(C(=O)N[C@@H](C[C@@H]3CCCNC3=O)C(=O)CC)(C1)C2. The monoisotopic (exact) mass is 506 g/mol. The predicted octanol–water partition coefficient (Wildman–Crippen LogP) is 2.72. The number of methoxy groups -OCH3 is 1. The normalized spacial score (nSPS) is 27.2. The maximum Gasteiger partial charge on any atom is 0.271 e. The van der Waals surface area contributed by atoms with Crippen molar-refractivity contribution in [3.63, 3.8) is 0 Å². The summed E-state index contributed by atoms with van der Waals surface area (Å²) in [5.74, 6) is -0.471. The molecule has 9 heteroatoms. The number of ether oxygens (including phenoxy) is 1. The van der Waals surface area contributed by atoms with Crippen LogP contribution in [-0.2, 0) is 14.4 Å². The van der Waals surface area contributed by atoms with E-state index in [0.717, 1.165) is 17.3 Å². The van der Waals surface area contributed by atoms with E-state index in [-0.39, 0.29) is 47.7 Å². The quantitative estimate of drug-likeness (QED) is 0.452. The number of amides is 3. The predicted molar refractivity (Wildman–Crippen MR) is 138 cm³/mol. The van der Waals surface area contributed by atoms with E-state index >= 15 is 0 Å². The average Bonchev–Trinajstić information content (AvgIpc) is 3.57. The first-order valence-corrected chi connectivity index (χ1v) is 13.0. The van der Waals surface area contributed by atoms with Gasteiger partial charge in [0.2, 0.25) is 11.8 Å². The number of rotatable bonds is 9. The fourth-order valence-electron chi connectivity index (χ4n) is 6.36. The largest absolute Gasteiger partial charge is 0.496 e. The van der Waals surface area contributed by atoms with E-state index in [4.69, 9.17) is 4.74 Å². The third kappa shape index (κ3) is 4.10. The van der Waals surface area contributed by atoms with Crippen molar-refractivity contribution >= 4 is 34.4 Å². The highest BCUT2D eigenvalue weighted by molar-refractivity contribution is 6.04. The van der Waals surface area contributed by atoms with E-state index in [1.165, 1.54) is 0 Å². The number of aromatic amines is 1. The van der Waals surface area contributed by atoms with Crippen LogP contribution < -0.4 is 15.4 Å². The summed E-state index contributed by atoms with van der Waals surface area (Å²) in [7, 11) is 1.58. The minimum absolute atomic E-state index is 0.0752. The zero-order chi connectivity index (χ0) is 26.4. The lowest BCUT2D eigenvalue weighted by Gasteiger charge is -2.45. The van der Waals surface area contributed by atoms with Crippen LogP contribution in [0, 0.1) is 11.3 Å². The second-order valence-corrected chi connectivity index (χ2v) is 10.7. The summed E-state index contributed by atoms with van der Waals surface area (Å²) in [4.78, 5) is 57.5. The van der Waals surface area contributed by atoms with Gasteiger partial charge < -0.3 is 25.3 Å². The van der Waals surface area contributed by atoms with Crippen LogP contribution in [0.4, 0.5) is 0 Å². The molecule has 0 radical (unpaired) electrons. The molecular weight excluding hydrogens is 472 g/mol. The van der Waals surface area contributed by atoms with Crippen LogP contribution in [0.2, 0.25) is 0 Å². The second kappa shape index (κ2) is 9.36. The van der Waals surface area contributed by atoms with E-state index in [1.54, 1.807) is 25.0 Å². The van der Waals surface area contributed by atoms with Gasteiger partial charge in [0.05, 0.1) is 13.2 Å². The van der Waals surface area contributed by atoms with Gasteiger partial charge in [-0.05, 0) is 50.3 Å². The summed E-state index contributed by atoms with van der Waals surface area (Å²) < 4.78 is 5.43. The Hall–Kier alpha value is -3.62. The molecule has 3 N–H and O–H groups in total. The number of Topliss-reactive ketones (excluding diaryl/α,β-unsaturated/α-hetero) is 1. The van der Waals surface area contributed by atoms with Crippen molar-refractivity contribution in [2.45, 2.75) is 57.0 Å². The third-order valence-corrected chi connectivity index (χ3v) is 8.42. The summed E-state index contributed by atoms with van der Waals surface area (Å²) in [5, 5.41) is 6.59. The van der Waals surface area contributed by atoms with Crippen LogP contribution in [0.1, 0.15) is 55.9 Å². The summed E-state index contributed by atoms with van der Waals surface area (Å²) in [6.45, 7) is 6.73. The van der Waals surface area contributed by atoms with E-state index in [9.17, 15) is 19.2 Å². The lowest BCUT2D eigenvalue weighted by Crippen LogP contribution is -2.63. The highest BCUT2D eigenvalue weighted by Crippen LogP contribution is 2.60. The zero-order valence-corrected chi connectivity index (χ0v) is 21.4. The Bertz CT molecular complexity index is 1270. The first kappa shape index (κ1) is 25.0. The number of nitrogens with one attached hydrogen (secondary N) is 3. The zero-order valence-electron chi connectivity index (χ0n) is 21.4. The molecule has 4 aliphatic rings. The molecule has 0 spiro atoms. The van der Waals surface area contributed by atoms with Crippen molar-refractivity contribution in [2.24, 2.45) is 11.3 Å². The number of ketones is 1. The standard InChI is InChI=1S/C28H34N4O5/c1-4-22(33)20(12-17-8-7-11-29-24(17)34)31-26(36)28-14-27(5-2,15-28)16-32(28)25(35)21-13-18-19(30-21)9-6-10-23(18)37-3/h5-6,9-10,13,17,20,30H,2,4,7-8,11-12,14-16H2,1,3H3,(H,29,34)(H,31,36)/t17-,20-,27?,28?/m0/s1. The number of piperidine rings is 1.